The summed E-state index contributed by atoms with van der Waals surface area (Å²) < 4.78 is 52.5. The quantitative estimate of drug-likeness (QED) is 0.132. The van der Waals surface area contributed by atoms with Crippen molar-refractivity contribution in [3.8, 4) is 11.8 Å². The van der Waals surface area contributed by atoms with Crippen LogP contribution in [0.5, 0.6) is 0 Å². The molecule has 192 valence electrons. The Hall–Kier alpha value is -1.54. The predicted octanol–water partition coefficient (Wildman–Crippen LogP) is -1.79. The van der Waals surface area contributed by atoms with E-state index in [-0.39, 0.29) is 5.82 Å². The molecule has 0 saturated carbocycles. The third-order valence-electron chi connectivity index (χ3n) is 4.28. The van der Waals surface area contributed by atoms with Crippen LogP contribution in [0.3, 0.4) is 0 Å². The van der Waals surface area contributed by atoms with Gasteiger partial charge in [-0.3, -0.25) is 4.52 Å². The highest BCUT2D eigenvalue weighted by atomic mass is 31.3. The molecule has 8 N–H and O–H groups in total. The summed E-state index contributed by atoms with van der Waals surface area (Å²) in [6, 6.07) is 0. The molecule has 2 rings (SSSR count). The normalized spacial score (nSPS) is 29.5. The van der Waals surface area contributed by atoms with Crippen molar-refractivity contribution in [2.45, 2.75) is 37.9 Å². The van der Waals surface area contributed by atoms with E-state index in [1.165, 1.54) is 6.92 Å². The third kappa shape index (κ3) is 6.78. The van der Waals surface area contributed by atoms with E-state index in [1.54, 1.807) is 0 Å². The summed E-state index contributed by atoms with van der Waals surface area (Å²) in [5, 5.41) is 24.7. The molecule has 0 radical (unpaired) electrons. The standard InChI is InChI=1S/C13H21N4O14P3/c1-3-4-13(20)8(6-18)10(28-11(13)17-12(19)16-9(14)5-15-17)7(2)29-33(24,25)31-34(26,27)30-32(21,22)23/h5,7-8,10-11,18,20H,6H2,1-2H3,(H,24,25)(H,26,27)(H2,14,16,19)(H2,21,22,23)/t7-,8?,10+,11+,13?/m0/s1. The van der Waals surface area contributed by atoms with E-state index >= 15 is 0 Å². The molecule has 1 fully saturated rings. The molecule has 7 atom stereocenters. The molecule has 1 saturated heterocycles. The van der Waals surface area contributed by atoms with Gasteiger partial charge in [0.15, 0.2) is 11.8 Å². The molecule has 1 aromatic rings. The minimum Gasteiger partial charge on any atom is -0.396 e. The summed E-state index contributed by atoms with van der Waals surface area (Å²) >= 11 is 0. The molecule has 0 aromatic carbocycles. The number of nitrogens with zero attached hydrogens (tertiary/aromatic N) is 3. The summed E-state index contributed by atoms with van der Waals surface area (Å²) in [6.07, 6.45) is -3.94. The van der Waals surface area contributed by atoms with Crippen molar-refractivity contribution < 1.29 is 61.4 Å². The van der Waals surface area contributed by atoms with Crippen LogP contribution in [-0.2, 0) is 31.6 Å². The Bertz CT molecular complexity index is 1180. The SMILES string of the molecule is CC#CC1(O)C(CO)[C@@H]([C@H](C)OP(=O)(O)OP(=O)(O)OP(=O)(O)O)O[C@H]1n1ncc(N)nc1=O. The molecule has 1 aliphatic rings. The molecular formula is C13H21N4O14P3. The van der Waals surface area contributed by atoms with Crippen LogP contribution in [0.15, 0.2) is 11.0 Å². The number of hydrogen-bond acceptors (Lipinski definition) is 13. The number of aliphatic hydroxyl groups is 2. The highest BCUT2D eigenvalue weighted by Gasteiger charge is 2.59. The van der Waals surface area contributed by atoms with Crippen molar-refractivity contribution in [3.63, 3.8) is 0 Å². The van der Waals surface area contributed by atoms with Gasteiger partial charge in [-0.15, -0.1) is 5.92 Å². The zero-order valence-electron chi connectivity index (χ0n) is 17.3. The molecule has 21 heteroatoms. The topological polar surface area (TPSA) is 283 Å². The average Bonchev–Trinajstić information content (AvgIpc) is 2.90. The molecule has 0 aliphatic carbocycles. The summed E-state index contributed by atoms with van der Waals surface area (Å²) in [5.74, 6) is 3.11. The van der Waals surface area contributed by atoms with E-state index in [2.05, 4.69) is 30.5 Å². The first-order valence-electron chi connectivity index (χ1n) is 8.91. The van der Waals surface area contributed by atoms with E-state index in [4.69, 9.17) is 24.8 Å². The van der Waals surface area contributed by atoms with Crippen LogP contribution in [0.25, 0.3) is 0 Å². The summed E-state index contributed by atoms with van der Waals surface area (Å²) in [4.78, 5) is 51.9. The molecule has 4 unspecified atom stereocenters. The van der Waals surface area contributed by atoms with Crippen molar-refractivity contribution in [1.82, 2.24) is 14.8 Å². The van der Waals surface area contributed by atoms with Gasteiger partial charge in [0, 0.05) is 0 Å². The lowest BCUT2D eigenvalue weighted by Crippen LogP contribution is -2.47. The maximum Gasteiger partial charge on any atom is 0.490 e. The number of rotatable bonds is 9. The van der Waals surface area contributed by atoms with Gasteiger partial charge < -0.3 is 40.3 Å². The first-order chi connectivity index (χ1) is 15.4. The van der Waals surface area contributed by atoms with Crippen molar-refractivity contribution in [1.29, 1.82) is 0 Å². The lowest BCUT2D eigenvalue weighted by molar-refractivity contribution is -0.0932. The maximum atomic E-state index is 12.2. The van der Waals surface area contributed by atoms with Crippen LogP contribution in [0.2, 0.25) is 0 Å². The number of aromatic nitrogens is 3. The fraction of sp³-hybridized carbons (Fsp3) is 0.615. The molecule has 0 bridgehead atoms. The van der Waals surface area contributed by atoms with E-state index in [0.717, 1.165) is 13.1 Å². The summed E-state index contributed by atoms with van der Waals surface area (Å²) in [6.45, 7) is 1.52. The van der Waals surface area contributed by atoms with Crippen LogP contribution in [0.1, 0.15) is 20.1 Å². The largest absolute Gasteiger partial charge is 0.490 e. The molecule has 1 aliphatic heterocycles. The monoisotopic (exact) mass is 550 g/mol. The van der Waals surface area contributed by atoms with E-state index in [1.807, 2.05) is 0 Å². The zero-order valence-corrected chi connectivity index (χ0v) is 20.0. The van der Waals surface area contributed by atoms with Crippen LogP contribution < -0.4 is 11.4 Å². The molecule has 0 amide bonds. The first-order valence-corrected chi connectivity index (χ1v) is 13.4. The number of phosphoric acid groups is 3. The molecule has 0 spiro atoms. The Morgan fingerprint density at radius 2 is 1.88 bits per heavy atom. The Balaban J connectivity index is 2.37. The number of aliphatic hydroxyl groups excluding tert-OH is 1. The van der Waals surface area contributed by atoms with E-state index < -0.39 is 65.7 Å². The summed E-state index contributed by atoms with van der Waals surface area (Å²) in [5.41, 5.74) is 1.99. The predicted molar refractivity (Wildman–Crippen MR) is 108 cm³/mol. The smallest absolute Gasteiger partial charge is 0.396 e. The van der Waals surface area contributed by atoms with Crippen molar-refractivity contribution in [2.24, 2.45) is 5.92 Å². The van der Waals surface area contributed by atoms with Crippen molar-refractivity contribution >= 4 is 29.3 Å². The van der Waals surface area contributed by atoms with E-state index in [9.17, 15) is 38.5 Å². The van der Waals surface area contributed by atoms with Crippen LogP contribution in [0, 0.1) is 17.8 Å². The second kappa shape index (κ2) is 10.2. The number of nitrogens with two attached hydrogens (primary N) is 1. The van der Waals surface area contributed by atoms with Crippen LogP contribution in [-0.4, -0.2) is 69.0 Å². The van der Waals surface area contributed by atoms with Crippen molar-refractivity contribution in [3.05, 3.63) is 16.7 Å². The fourth-order valence-corrected chi connectivity index (χ4v) is 6.35. The number of phosphoric ester groups is 1. The third-order valence-corrected chi connectivity index (χ3v) is 8.21. The Labute approximate surface area is 190 Å². The van der Waals surface area contributed by atoms with Gasteiger partial charge in [-0.2, -0.15) is 23.4 Å². The highest BCUT2D eigenvalue weighted by Crippen LogP contribution is 2.66. The van der Waals surface area contributed by atoms with Gasteiger partial charge >= 0.3 is 29.2 Å². The number of anilines is 1. The van der Waals surface area contributed by atoms with Gasteiger partial charge in [0.2, 0.25) is 0 Å². The molecule has 34 heavy (non-hydrogen) atoms. The Kier molecular flexibility index (Phi) is 8.62. The molecular weight excluding hydrogens is 529 g/mol. The lowest BCUT2D eigenvalue weighted by Gasteiger charge is -2.29. The Morgan fingerprint density at radius 1 is 1.26 bits per heavy atom. The zero-order chi connectivity index (χ0) is 26.1. The molecule has 2 heterocycles. The number of ether oxygens (including phenoxy) is 1. The lowest BCUT2D eigenvalue weighted by atomic mass is 9.84. The van der Waals surface area contributed by atoms with Gasteiger partial charge in [0.25, 0.3) is 0 Å². The van der Waals surface area contributed by atoms with Gasteiger partial charge in [-0.05, 0) is 13.8 Å². The molecule has 1 aromatic heterocycles. The van der Waals surface area contributed by atoms with Gasteiger partial charge in [0.05, 0.1) is 30.9 Å². The number of hydrogen-bond donors (Lipinski definition) is 7. The summed E-state index contributed by atoms with van der Waals surface area (Å²) in [7, 11) is -17.0. The second-order valence-electron chi connectivity index (χ2n) is 6.75. The maximum absolute atomic E-state index is 12.2. The molecule has 18 nitrogen and oxygen atoms in total. The van der Waals surface area contributed by atoms with Gasteiger partial charge in [-0.25, -0.2) is 18.5 Å². The minimum atomic E-state index is -5.79. The average molecular weight is 550 g/mol. The number of nitrogen functional groups attached to an aromatic ring is 1. The van der Waals surface area contributed by atoms with Gasteiger partial charge in [-0.1, -0.05) is 5.92 Å². The highest BCUT2D eigenvalue weighted by molar-refractivity contribution is 7.66. The van der Waals surface area contributed by atoms with Crippen LogP contribution in [0.4, 0.5) is 5.82 Å². The fourth-order valence-electron chi connectivity index (χ4n) is 3.15. The van der Waals surface area contributed by atoms with E-state index in [0.29, 0.717) is 4.68 Å². The van der Waals surface area contributed by atoms with Crippen molar-refractivity contribution in [2.75, 3.05) is 12.3 Å². The minimum absolute atomic E-state index is 0.249. The Morgan fingerprint density at radius 3 is 2.38 bits per heavy atom. The van der Waals surface area contributed by atoms with Crippen LogP contribution >= 0.6 is 23.5 Å². The first kappa shape index (κ1) is 28.7. The van der Waals surface area contributed by atoms with Gasteiger partial charge in [0.1, 0.15) is 5.82 Å². The second-order valence-corrected chi connectivity index (χ2v) is 11.1.